The van der Waals surface area contributed by atoms with Crippen molar-refractivity contribution in [3.8, 4) is 0 Å². The molecule has 1 aromatic rings. The maximum Gasteiger partial charge on any atom is 0.410 e. The van der Waals surface area contributed by atoms with Crippen LogP contribution in [0.15, 0.2) is 16.9 Å². The molecule has 0 bridgehead atoms. The Bertz CT molecular complexity index is 586. The van der Waals surface area contributed by atoms with Crippen molar-refractivity contribution in [2.75, 3.05) is 6.54 Å². The Labute approximate surface area is 131 Å². The number of aromatic nitrogens is 1. The van der Waals surface area contributed by atoms with E-state index in [4.69, 9.17) is 4.74 Å². The lowest BCUT2D eigenvalue weighted by Gasteiger charge is -2.36. The second-order valence-electron chi connectivity index (χ2n) is 6.90. The van der Waals surface area contributed by atoms with E-state index in [0.29, 0.717) is 6.54 Å². The van der Waals surface area contributed by atoms with E-state index in [1.807, 2.05) is 31.7 Å². The summed E-state index contributed by atoms with van der Waals surface area (Å²) in [6.07, 6.45) is 3.07. The minimum atomic E-state index is -0.485. The molecular weight excluding hydrogens is 280 g/mol. The average molecular weight is 306 g/mol. The van der Waals surface area contributed by atoms with Gasteiger partial charge < -0.3 is 14.6 Å². The molecule has 1 N–H and O–H groups in total. The van der Waals surface area contributed by atoms with E-state index < -0.39 is 5.60 Å². The van der Waals surface area contributed by atoms with Crippen LogP contribution >= 0.6 is 0 Å². The maximum atomic E-state index is 12.5. The minimum Gasteiger partial charge on any atom is -0.444 e. The van der Waals surface area contributed by atoms with Gasteiger partial charge in [0.15, 0.2) is 0 Å². The van der Waals surface area contributed by atoms with Gasteiger partial charge in [-0.1, -0.05) is 13.0 Å². The van der Waals surface area contributed by atoms with Crippen LogP contribution in [0.5, 0.6) is 0 Å². The van der Waals surface area contributed by atoms with Crippen molar-refractivity contribution in [2.45, 2.75) is 65.0 Å². The monoisotopic (exact) mass is 306 g/mol. The predicted molar refractivity (Wildman–Crippen MR) is 86.1 cm³/mol. The van der Waals surface area contributed by atoms with Gasteiger partial charge in [0.1, 0.15) is 5.60 Å². The fourth-order valence-electron chi connectivity index (χ4n) is 2.88. The Kier molecular flexibility index (Phi) is 4.94. The first-order valence-corrected chi connectivity index (χ1v) is 8.01. The smallest absolute Gasteiger partial charge is 0.410 e. The first-order chi connectivity index (χ1) is 10.3. The molecule has 1 amide bonds. The Morgan fingerprint density at radius 1 is 1.41 bits per heavy atom. The summed E-state index contributed by atoms with van der Waals surface area (Å²) >= 11 is 0. The number of pyridine rings is 1. The van der Waals surface area contributed by atoms with Gasteiger partial charge in [-0.3, -0.25) is 4.79 Å². The number of carbonyl (C=O) groups excluding carboxylic acids is 1. The highest BCUT2D eigenvalue weighted by Crippen LogP contribution is 2.24. The lowest BCUT2D eigenvalue weighted by molar-refractivity contribution is 0.0145. The summed E-state index contributed by atoms with van der Waals surface area (Å²) in [5.74, 6) is 0. The zero-order chi connectivity index (χ0) is 16.3. The Morgan fingerprint density at radius 2 is 2.14 bits per heavy atom. The largest absolute Gasteiger partial charge is 0.444 e. The van der Waals surface area contributed by atoms with Crippen molar-refractivity contribution in [1.29, 1.82) is 0 Å². The van der Waals surface area contributed by atoms with Gasteiger partial charge >= 0.3 is 6.09 Å². The minimum absolute atomic E-state index is 0.0604. The van der Waals surface area contributed by atoms with Crippen molar-refractivity contribution in [3.63, 3.8) is 0 Å². The van der Waals surface area contributed by atoms with Crippen molar-refractivity contribution < 1.29 is 9.53 Å². The Balaban J connectivity index is 2.15. The molecule has 22 heavy (non-hydrogen) atoms. The molecule has 1 aromatic heterocycles. The molecule has 0 radical (unpaired) electrons. The van der Waals surface area contributed by atoms with E-state index in [9.17, 15) is 9.59 Å². The summed E-state index contributed by atoms with van der Waals surface area (Å²) in [5.41, 5.74) is 1.58. The van der Waals surface area contributed by atoms with Crippen LogP contribution in [0.25, 0.3) is 0 Å². The Hall–Kier alpha value is -1.78. The molecule has 0 saturated carbocycles. The summed E-state index contributed by atoms with van der Waals surface area (Å²) in [6.45, 7) is 8.41. The highest BCUT2D eigenvalue weighted by molar-refractivity contribution is 5.68. The molecule has 0 spiro atoms. The molecule has 0 saturated heterocycles. The Morgan fingerprint density at radius 3 is 2.77 bits per heavy atom. The van der Waals surface area contributed by atoms with E-state index >= 15 is 0 Å². The van der Waals surface area contributed by atoms with E-state index in [0.717, 1.165) is 36.9 Å². The van der Waals surface area contributed by atoms with Gasteiger partial charge in [-0.25, -0.2) is 4.79 Å². The summed E-state index contributed by atoms with van der Waals surface area (Å²) in [7, 11) is 0. The summed E-state index contributed by atoms with van der Waals surface area (Å²) in [6, 6.07) is 3.56. The van der Waals surface area contributed by atoms with Crippen LogP contribution in [-0.4, -0.2) is 34.2 Å². The molecule has 1 aliphatic rings. The quantitative estimate of drug-likeness (QED) is 0.934. The molecule has 1 heterocycles. The third kappa shape index (κ3) is 4.12. The zero-order valence-corrected chi connectivity index (χ0v) is 13.9. The lowest BCUT2D eigenvalue weighted by Crippen LogP contribution is -2.46. The number of aromatic amines is 1. The number of carbonyl (C=O) groups is 1. The molecule has 5 nitrogen and oxygen atoms in total. The number of ether oxygens (including phenoxy) is 1. The first-order valence-electron chi connectivity index (χ1n) is 8.01. The molecule has 0 aliphatic heterocycles. The van der Waals surface area contributed by atoms with Gasteiger partial charge in [0.2, 0.25) is 5.56 Å². The van der Waals surface area contributed by atoms with Crippen molar-refractivity contribution >= 4 is 6.09 Å². The fraction of sp³-hybridized carbons (Fsp3) is 0.647. The number of amides is 1. The van der Waals surface area contributed by atoms with Gasteiger partial charge in [0.25, 0.3) is 0 Å². The predicted octanol–water partition coefficient (Wildman–Crippen LogP) is 2.88. The van der Waals surface area contributed by atoms with E-state index in [1.165, 1.54) is 0 Å². The van der Waals surface area contributed by atoms with Crippen molar-refractivity contribution in [3.05, 3.63) is 33.7 Å². The summed E-state index contributed by atoms with van der Waals surface area (Å²) in [5, 5.41) is 0. The summed E-state index contributed by atoms with van der Waals surface area (Å²) in [4.78, 5) is 28.6. The van der Waals surface area contributed by atoms with Crippen LogP contribution in [0.3, 0.4) is 0 Å². The number of nitrogens with zero attached hydrogens (tertiary/aromatic N) is 1. The number of aryl methyl sites for hydroxylation is 1. The molecule has 5 heteroatoms. The van der Waals surface area contributed by atoms with Gasteiger partial charge in [0.05, 0.1) is 0 Å². The number of rotatable bonds is 3. The van der Waals surface area contributed by atoms with Crippen molar-refractivity contribution in [1.82, 2.24) is 9.88 Å². The number of H-pyrrole nitrogens is 1. The highest BCUT2D eigenvalue weighted by atomic mass is 16.6. The zero-order valence-electron chi connectivity index (χ0n) is 13.9. The van der Waals surface area contributed by atoms with Crippen LogP contribution < -0.4 is 5.56 Å². The number of hydrogen-bond acceptors (Lipinski definition) is 3. The molecule has 0 fully saturated rings. The average Bonchev–Trinajstić information content (AvgIpc) is 2.42. The fourth-order valence-corrected chi connectivity index (χ4v) is 2.88. The third-order valence-electron chi connectivity index (χ3n) is 3.81. The molecule has 1 aliphatic carbocycles. The van der Waals surface area contributed by atoms with Crippen molar-refractivity contribution in [2.24, 2.45) is 0 Å². The maximum absolute atomic E-state index is 12.5. The molecule has 2 rings (SSSR count). The van der Waals surface area contributed by atoms with Gasteiger partial charge in [-0.2, -0.15) is 0 Å². The van der Waals surface area contributed by atoms with Gasteiger partial charge in [-0.05, 0) is 52.0 Å². The number of hydrogen-bond donors (Lipinski definition) is 1. The van der Waals surface area contributed by atoms with Crippen LogP contribution in [-0.2, 0) is 17.6 Å². The second-order valence-corrected chi connectivity index (χ2v) is 6.90. The summed E-state index contributed by atoms with van der Waals surface area (Å²) < 4.78 is 5.54. The molecular formula is C17H26N2O3. The SMILES string of the molecule is CCCN(C(=O)OC(C)(C)C)C1CCc2[nH]c(=O)ccc2C1. The van der Waals surface area contributed by atoms with E-state index in [2.05, 4.69) is 11.9 Å². The molecule has 122 valence electrons. The molecule has 1 unspecified atom stereocenters. The highest BCUT2D eigenvalue weighted by Gasteiger charge is 2.30. The van der Waals surface area contributed by atoms with Gasteiger partial charge in [0, 0.05) is 24.3 Å². The van der Waals surface area contributed by atoms with Crippen LogP contribution in [0, 0.1) is 0 Å². The van der Waals surface area contributed by atoms with Crippen LogP contribution in [0.4, 0.5) is 4.79 Å². The topological polar surface area (TPSA) is 62.4 Å². The van der Waals surface area contributed by atoms with Gasteiger partial charge in [-0.15, -0.1) is 0 Å². The van der Waals surface area contributed by atoms with E-state index in [-0.39, 0.29) is 17.7 Å². The number of fused-ring (bicyclic) bond motifs is 1. The lowest BCUT2D eigenvalue weighted by atomic mass is 9.91. The van der Waals surface area contributed by atoms with E-state index in [1.54, 1.807) is 6.07 Å². The van der Waals surface area contributed by atoms with Crippen LogP contribution in [0.2, 0.25) is 0 Å². The number of nitrogens with one attached hydrogen (secondary N) is 1. The van der Waals surface area contributed by atoms with Crippen LogP contribution in [0.1, 0.15) is 51.8 Å². The third-order valence-corrected chi connectivity index (χ3v) is 3.81. The standard InChI is InChI=1S/C17H26N2O3/c1-5-10-19(16(21)22-17(2,3)4)13-7-8-14-12(11-13)6-9-15(20)18-14/h6,9,13H,5,7-8,10-11H2,1-4H3,(H,18,20). The molecule has 1 atom stereocenters. The second kappa shape index (κ2) is 6.55. The normalized spacial score (nSPS) is 17.7. The first kappa shape index (κ1) is 16.6. The molecule has 0 aromatic carbocycles.